The number of carbonyl (C=O) groups is 3. The fraction of sp³-hybridized carbons (Fsp3) is 0.286. The van der Waals surface area contributed by atoms with Crippen LogP contribution in [0.5, 0.6) is 0 Å². The molecule has 146 valence electrons. The van der Waals surface area contributed by atoms with E-state index in [-0.39, 0.29) is 23.8 Å². The molecule has 0 radical (unpaired) electrons. The van der Waals surface area contributed by atoms with Gasteiger partial charge in [0.05, 0.1) is 17.3 Å². The van der Waals surface area contributed by atoms with Crippen molar-refractivity contribution in [2.24, 2.45) is 0 Å². The Hall–Kier alpha value is -2.86. The third kappa shape index (κ3) is 4.51. The van der Waals surface area contributed by atoms with Gasteiger partial charge in [0.2, 0.25) is 11.8 Å². The molecule has 1 aliphatic heterocycles. The van der Waals surface area contributed by atoms with Gasteiger partial charge in [0.1, 0.15) is 0 Å². The maximum Gasteiger partial charge on any atom is 0.253 e. The van der Waals surface area contributed by atoms with Crippen molar-refractivity contribution in [1.82, 2.24) is 5.32 Å². The van der Waals surface area contributed by atoms with E-state index in [1.807, 2.05) is 25.1 Å². The summed E-state index contributed by atoms with van der Waals surface area (Å²) in [5.74, 6) is -0.453. The van der Waals surface area contributed by atoms with Gasteiger partial charge in [-0.05, 0) is 49.2 Å². The number of benzene rings is 2. The molecule has 6 nitrogen and oxygen atoms in total. The van der Waals surface area contributed by atoms with E-state index in [9.17, 15) is 14.4 Å². The highest BCUT2D eigenvalue weighted by Crippen LogP contribution is 2.29. The second kappa shape index (κ2) is 8.44. The first kappa shape index (κ1) is 19.9. The van der Waals surface area contributed by atoms with Gasteiger partial charge in [-0.15, -0.1) is 0 Å². The molecule has 2 aromatic carbocycles. The fourth-order valence-corrected chi connectivity index (χ4v) is 3.44. The molecule has 1 fully saturated rings. The van der Waals surface area contributed by atoms with Crippen LogP contribution in [-0.2, 0) is 9.59 Å². The number of amides is 3. The predicted octanol–water partition coefficient (Wildman–Crippen LogP) is 3.92. The van der Waals surface area contributed by atoms with Crippen molar-refractivity contribution in [3.63, 3.8) is 0 Å². The molecule has 0 saturated carbocycles. The molecule has 3 rings (SSSR count). The fourth-order valence-electron chi connectivity index (χ4n) is 3.27. The Bertz CT molecular complexity index is 929. The number of anilines is 2. The maximum atomic E-state index is 12.9. The van der Waals surface area contributed by atoms with Crippen LogP contribution in [-0.4, -0.2) is 24.3 Å². The average Bonchev–Trinajstić information content (AvgIpc) is 3.07. The van der Waals surface area contributed by atoms with Crippen molar-refractivity contribution in [3.05, 3.63) is 58.6 Å². The summed E-state index contributed by atoms with van der Waals surface area (Å²) in [6.45, 7) is 3.88. The third-order valence-corrected chi connectivity index (χ3v) is 4.86. The second-order valence-corrected chi connectivity index (χ2v) is 7.25. The van der Waals surface area contributed by atoms with Gasteiger partial charge >= 0.3 is 0 Å². The molecule has 0 bridgehead atoms. The number of hydrogen-bond donors (Lipinski definition) is 2. The lowest BCUT2D eigenvalue weighted by atomic mass is 10.1. The van der Waals surface area contributed by atoms with Gasteiger partial charge in [-0.2, -0.15) is 0 Å². The van der Waals surface area contributed by atoms with E-state index in [1.165, 1.54) is 6.92 Å². The highest BCUT2D eigenvalue weighted by molar-refractivity contribution is 6.31. The summed E-state index contributed by atoms with van der Waals surface area (Å²) in [6.07, 6.45) is 1.23. The van der Waals surface area contributed by atoms with Crippen LogP contribution in [0.15, 0.2) is 42.5 Å². The van der Waals surface area contributed by atoms with Gasteiger partial charge in [0.25, 0.3) is 5.91 Å². The van der Waals surface area contributed by atoms with Crippen molar-refractivity contribution < 1.29 is 14.4 Å². The summed E-state index contributed by atoms with van der Waals surface area (Å²) < 4.78 is 0. The van der Waals surface area contributed by atoms with Crippen molar-refractivity contribution in [1.29, 1.82) is 0 Å². The SMILES string of the molecule is CC(=O)Nc1cccc(C(C)NC(=O)c2ccc(Cl)cc2N2CCCC2=O)c1. The van der Waals surface area contributed by atoms with Crippen LogP contribution in [0.2, 0.25) is 5.02 Å². The summed E-state index contributed by atoms with van der Waals surface area (Å²) in [5, 5.41) is 6.16. The molecule has 1 heterocycles. The Balaban J connectivity index is 1.81. The number of hydrogen-bond acceptors (Lipinski definition) is 3. The van der Waals surface area contributed by atoms with Gasteiger partial charge in [0.15, 0.2) is 0 Å². The normalized spacial score (nSPS) is 14.7. The molecule has 2 aromatic rings. The third-order valence-electron chi connectivity index (χ3n) is 4.62. The molecule has 1 atom stereocenters. The van der Waals surface area contributed by atoms with E-state index in [1.54, 1.807) is 29.2 Å². The molecule has 28 heavy (non-hydrogen) atoms. The first-order chi connectivity index (χ1) is 13.3. The van der Waals surface area contributed by atoms with E-state index in [4.69, 9.17) is 11.6 Å². The highest BCUT2D eigenvalue weighted by Gasteiger charge is 2.26. The Labute approximate surface area is 168 Å². The zero-order valence-corrected chi connectivity index (χ0v) is 16.5. The largest absolute Gasteiger partial charge is 0.345 e. The van der Waals surface area contributed by atoms with Crippen LogP contribution < -0.4 is 15.5 Å². The zero-order chi connectivity index (χ0) is 20.3. The summed E-state index contributed by atoms with van der Waals surface area (Å²) in [6, 6.07) is 11.9. The number of halogens is 1. The molecule has 1 aliphatic rings. The van der Waals surface area contributed by atoms with E-state index in [0.29, 0.717) is 34.9 Å². The average molecular weight is 400 g/mol. The van der Waals surface area contributed by atoms with Crippen LogP contribution in [0, 0.1) is 0 Å². The number of nitrogens with zero attached hydrogens (tertiary/aromatic N) is 1. The monoisotopic (exact) mass is 399 g/mol. The highest BCUT2D eigenvalue weighted by atomic mass is 35.5. The summed E-state index contributed by atoms with van der Waals surface area (Å²) in [7, 11) is 0. The predicted molar refractivity (Wildman–Crippen MR) is 110 cm³/mol. The quantitative estimate of drug-likeness (QED) is 0.799. The van der Waals surface area contributed by atoms with Crippen LogP contribution in [0.25, 0.3) is 0 Å². The van der Waals surface area contributed by atoms with Crippen LogP contribution >= 0.6 is 11.6 Å². The van der Waals surface area contributed by atoms with Crippen molar-refractivity contribution in [3.8, 4) is 0 Å². The first-order valence-electron chi connectivity index (χ1n) is 9.13. The molecule has 0 aromatic heterocycles. The van der Waals surface area contributed by atoms with Crippen LogP contribution in [0.4, 0.5) is 11.4 Å². The van der Waals surface area contributed by atoms with E-state index in [2.05, 4.69) is 10.6 Å². The van der Waals surface area contributed by atoms with Crippen LogP contribution in [0.1, 0.15) is 48.7 Å². The molecular weight excluding hydrogens is 378 g/mol. The Kier molecular flexibility index (Phi) is 5.99. The first-order valence-corrected chi connectivity index (χ1v) is 9.51. The number of rotatable bonds is 5. The van der Waals surface area contributed by atoms with Crippen molar-refractivity contribution >= 4 is 40.7 Å². The van der Waals surface area contributed by atoms with Crippen molar-refractivity contribution in [2.45, 2.75) is 32.7 Å². The minimum absolute atomic E-state index is 0.00706. The molecule has 7 heteroatoms. The van der Waals surface area contributed by atoms with Gasteiger partial charge in [-0.25, -0.2) is 0 Å². The van der Waals surface area contributed by atoms with Crippen molar-refractivity contribution in [2.75, 3.05) is 16.8 Å². The smallest absolute Gasteiger partial charge is 0.253 e. The minimum Gasteiger partial charge on any atom is -0.345 e. The lowest BCUT2D eigenvalue weighted by molar-refractivity contribution is -0.117. The maximum absolute atomic E-state index is 12.9. The Morgan fingerprint density at radius 1 is 1.18 bits per heavy atom. The number of carbonyl (C=O) groups excluding carboxylic acids is 3. The van der Waals surface area contributed by atoms with Gasteiger partial charge in [-0.1, -0.05) is 23.7 Å². The minimum atomic E-state index is -0.293. The number of nitrogens with one attached hydrogen (secondary N) is 2. The molecular formula is C21H22ClN3O3. The standard InChI is InChI=1S/C21H22ClN3O3/c1-13(15-5-3-6-17(11-15)24-14(2)26)23-21(28)18-9-8-16(22)12-19(18)25-10-4-7-20(25)27/h3,5-6,8-9,11-13H,4,7,10H2,1-2H3,(H,23,28)(H,24,26). The van der Waals surface area contributed by atoms with Gasteiger partial charge in [-0.3, -0.25) is 14.4 Å². The zero-order valence-electron chi connectivity index (χ0n) is 15.8. The summed E-state index contributed by atoms with van der Waals surface area (Å²) >= 11 is 6.10. The van der Waals surface area contributed by atoms with Gasteiger partial charge < -0.3 is 15.5 Å². The Morgan fingerprint density at radius 2 is 1.96 bits per heavy atom. The molecule has 0 aliphatic carbocycles. The van der Waals surface area contributed by atoms with E-state index < -0.39 is 0 Å². The summed E-state index contributed by atoms with van der Waals surface area (Å²) in [5.41, 5.74) is 2.46. The summed E-state index contributed by atoms with van der Waals surface area (Å²) in [4.78, 5) is 37.9. The molecule has 0 spiro atoms. The lowest BCUT2D eigenvalue weighted by Gasteiger charge is -2.21. The lowest BCUT2D eigenvalue weighted by Crippen LogP contribution is -2.31. The van der Waals surface area contributed by atoms with E-state index >= 15 is 0 Å². The molecule has 2 N–H and O–H groups in total. The topological polar surface area (TPSA) is 78.5 Å². The van der Waals surface area contributed by atoms with Gasteiger partial charge in [0, 0.05) is 30.6 Å². The second-order valence-electron chi connectivity index (χ2n) is 6.81. The van der Waals surface area contributed by atoms with E-state index in [0.717, 1.165) is 12.0 Å². The molecule has 1 unspecified atom stereocenters. The molecule has 3 amide bonds. The molecule has 1 saturated heterocycles. The Morgan fingerprint density at radius 3 is 2.64 bits per heavy atom. The van der Waals surface area contributed by atoms with Crippen LogP contribution in [0.3, 0.4) is 0 Å².